The molecule has 4 rings (SSSR count). The van der Waals surface area contributed by atoms with Crippen LogP contribution in [-0.4, -0.2) is 63.7 Å². The molecule has 8 nitrogen and oxygen atoms in total. The number of hydrogen-bond donors (Lipinski definition) is 1. The molecule has 1 N–H and O–H groups in total. The number of aromatic nitrogens is 4. The maximum Gasteiger partial charge on any atom is 0.250 e. The van der Waals surface area contributed by atoms with Gasteiger partial charge in [-0.05, 0) is 40.6 Å². The van der Waals surface area contributed by atoms with Crippen molar-refractivity contribution in [2.75, 3.05) is 42.9 Å². The van der Waals surface area contributed by atoms with Crippen molar-refractivity contribution in [1.29, 1.82) is 0 Å². The van der Waals surface area contributed by atoms with Crippen LogP contribution in [-0.2, 0) is 11.2 Å². The monoisotopic (exact) mass is 391 g/mol. The van der Waals surface area contributed by atoms with Gasteiger partial charge in [-0.3, -0.25) is 9.69 Å². The van der Waals surface area contributed by atoms with Crippen LogP contribution >= 0.6 is 0 Å². The van der Waals surface area contributed by atoms with E-state index in [1.165, 1.54) is 0 Å². The summed E-state index contributed by atoms with van der Waals surface area (Å²) in [6.45, 7) is 5.58. The average Bonchev–Trinajstić information content (AvgIpc) is 3.25. The molecule has 0 spiro atoms. The van der Waals surface area contributed by atoms with Crippen LogP contribution in [0.25, 0.3) is 5.69 Å². The van der Waals surface area contributed by atoms with Crippen LogP contribution in [0.1, 0.15) is 12.5 Å². The molecule has 0 bridgehead atoms. The Morgan fingerprint density at radius 3 is 2.48 bits per heavy atom. The minimum Gasteiger partial charge on any atom is -0.337 e. The Morgan fingerprint density at radius 2 is 1.72 bits per heavy atom. The molecule has 1 aliphatic heterocycles. The zero-order valence-electron chi connectivity index (χ0n) is 16.5. The smallest absolute Gasteiger partial charge is 0.250 e. The van der Waals surface area contributed by atoms with Crippen LogP contribution in [0.4, 0.5) is 11.6 Å². The van der Waals surface area contributed by atoms with Crippen LogP contribution in [0.15, 0.2) is 54.6 Å². The van der Waals surface area contributed by atoms with Crippen molar-refractivity contribution in [3.63, 3.8) is 0 Å². The molecule has 1 fully saturated rings. The van der Waals surface area contributed by atoms with E-state index >= 15 is 0 Å². The van der Waals surface area contributed by atoms with E-state index in [9.17, 15) is 4.79 Å². The number of carbonyl (C=O) groups is 1. The number of tetrazole rings is 1. The maximum atomic E-state index is 12.5. The van der Waals surface area contributed by atoms with Crippen molar-refractivity contribution in [2.45, 2.75) is 13.3 Å². The molecule has 29 heavy (non-hydrogen) atoms. The molecule has 0 aliphatic carbocycles. The van der Waals surface area contributed by atoms with E-state index in [4.69, 9.17) is 0 Å². The summed E-state index contributed by atoms with van der Waals surface area (Å²) < 4.78 is 1.75. The summed E-state index contributed by atoms with van der Waals surface area (Å²) in [6.07, 6.45) is 0.894. The summed E-state index contributed by atoms with van der Waals surface area (Å²) >= 11 is 0. The second-order valence-corrected chi connectivity index (χ2v) is 7.05. The van der Waals surface area contributed by atoms with Gasteiger partial charge in [-0.2, -0.15) is 4.68 Å². The molecule has 2 heterocycles. The van der Waals surface area contributed by atoms with Gasteiger partial charge in [-0.25, -0.2) is 0 Å². The van der Waals surface area contributed by atoms with Crippen molar-refractivity contribution in [3.8, 4) is 5.69 Å². The summed E-state index contributed by atoms with van der Waals surface area (Å²) in [5.74, 6) is 0.755. The Kier molecular flexibility index (Phi) is 5.81. The third kappa shape index (κ3) is 4.43. The molecule has 0 unspecified atom stereocenters. The van der Waals surface area contributed by atoms with Crippen LogP contribution in [0.3, 0.4) is 0 Å². The Labute approximate surface area is 170 Å². The van der Waals surface area contributed by atoms with Gasteiger partial charge in [0.2, 0.25) is 11.9 Å². The van der Waals surface area contributed by atoms with Gasteiger partial charge >= 0.3 is 0 Å². The average molecular weight is 391 g/mol. The quantitative estimate of drug-likeness (QED) is 0.692. The number of benzene rings is 2. The van der Waals surface area contributed by atoms with E-state index in [0.29, 0.717) is 6.54 Å². The highest BCUT2D eigenvalue weighted by atomic mass is 16.2. The normalized spacial score (nSPS) is 14.7. The number of para-hydroxylation sites is 2. The minimum absolute atomic E-state index is 0.0217. The summed E-state index contributed by atoms with van der Waals surface area (Å²) in [5, 5.41) is 15.2. The molecule has 0 saturated carbocycles. The third-order valence-electron chi connectivity index (χ3n) is 5.15. The van der Waals surface area contributed by atoms with E-state index in [1.54, 1.807) is 4.68 Å². The predicted octanol–water partition coefficient (Wildman–Crippen LogP) is 1.99. The highest BCUT2D eigenvalue weighted by molar-refractivity contribution is 5.93. The second kappa shape index (κ2) is 8.83. The molecular formula is C21H25N7O. The van der Waals surface area contributed by atoms with Gasteiger partial charge in [0.15, 0.2) is 0 Å². The number of carbonyl (C=O) groups excluding carboxylic acids is 1. The van der Waals surface area contributed by atoms with Crippen LogP contribution in [0.5, 0.6) is 0 Å². The minimum atomic E-state index is 0.0217. The van der Waals surface area contributed by atoms with Crippen molar-refractivity contribution < 1.29 is 4.79 Å². The fraction of sp³-hybridized carbons (Fsp3) is 0.333. The van der Waals surface area contributed by atoms with Gasteiger partial charge in [0, 0.05) is 31.9 Å². The topological polar surface area (TPSA) is 79.2 Å². The van der Waals surface area contributed by atoms with Crippen molar-refractivity contribution in [3.05, 3.63) is 60.2 Å². The molecule has 0 radical (unpaired) electrons. The fourth-order valence-electron chi connectivity index (χ4n) is 3.57. The van der Waals surface area contributed by atoms with E-state index < -0.39 is 0 Å². The zero-order chi connectivity index (χ0) is 20.1. The van der Waals surface area contributed by atoms with E-state index in [1.807, 2.05) is 54.6 Å². The molecule has 0 atom stereocenters. The molecule has 3 aromatic rings. The largest absolute Gasteiger partial charge is 0.337 e. The molecule has 8 heteroatoms. The van der Waals surface area contributed by atoms with Gasteiger partial charge in [-0.1, -0.05) is 48.4 Å². The summed E-state index contributed by atoms with van der Waals surface area (Å²) in [7, 11) is 0. The van der Waals surface area contributed by atoms with Crippen LogP contribution in [0, 0.1) is 0 Å². The van der Waals surface area contributed by atoms with E-state index in [0.717, 1.165) is 55.5 Å². The first-order chi connectivity index (χ1) is 14.2. The predicted molar refractivity (Wildman–Crippen MR) is 112 cm³/mol. The van der Waals surface area contributed by atoms with Gasteiger partial charge < -0.3 is 10.2 Å². The van der Waals surface area contributed by atoms with Crippen molar-refractivity contribution in [1.82, 2.24) is 25.1 Å². The number of hydrogen-bond acceptors (Lipinski definition) is 6. The first-order valence-electron chi connectivity index (χ1n) is 9.93. The van der Waals surface area contributed by atoms with Crippen molar-refractivity contribution >= 4 is 17.5 Å². The molecule has 150 valence electrons. The van der Waals surface area contributed by atoms with Crippen LogP contribution < -0.4 is 10.2 Å². The second-order valence-electron chi connectivity index (χ2n) is 7.05. The number of amides is 1. The third-order valence-corrected chi connectivity index (χ3v) is 5.15. The number of anilines is 2. The molecular weight excluding hydrogens is 366 g/mol. The maximum absolute atomic E-state index is 12.5. The van der Waals surface area contributed by atoms with E-state index in [-0.39, 0.29) is 5.91 Å². The van der Waals surface area contributed by atoms with Crippen LogP contribution in [0.2, 0.25) is 0 Å². The van der Waals surface area contributed by atoms with Gasteiger partial charge in [0.1, 0.15) is 0 Å². The number of piperazine rings is 1. The Morgan fingerprint density at radius 1 is 1.00 bits per heavy atom. The number of rotatable bonds is 6. The first-order valence-corrected chi connectivity index (χ1v) is 9.93. The first kappa shape index (κ1) is 19.1. The SMILES string of the molecule is CCc1ccccc1NC(=O)CN1CCN(c2nnnn2-c2ccccc2)CC1. The number of aryl methyl sites for hydroxylation is 1. The Bertz CT molecular complexity index is 948. The summed E-state index contributed by atoms with van der Waals surface area (Å²) in [4.78, 5) is 16.8. The fourth-order valence-corrected chi connectivity index (χ4v) is 3.57. The number of nitrogens with one attached hydrogen (secondary N) is 1. The molecule has 1 amide bonds. The molecule has 1 aromatic heterocycles. The molecule has 1 aliphatic rings. The summed E-state index contributed by atoms with van der Waals surface area (Å²) in [6, 6.07) is 17.8. The highest BCUT2D eigenvalue weighted by Gasteiger charge is 2.23. The van der Waals surface area contributed by atoms with Gasteiger partial charge in [0.25, 0.3) is 0 Å². The van der Waals surface area contributed by atoms with Crippen molar-refractivity contribution in [2.24, 2.45) is 0 Å². The summed E-state index contributed by atoms with van der Waals surface area (Å²) in [5.41, 5.74) is 2.99. The molecule has 2 aromatic carbocycles. The lowest BCUT2D eigenvalue weighted by molar-refractivity contribution is -0.117. The zero-order valence-corrected chi connectivity index (χ0v) is 16.5. The van der Waals surface area contributed by atoms with E-state index in [2.05, 4.69) is 37.6 Å². The Balaban J connectivity index is 1.33. The molecule has 1 saturated heterocycles. The lowest BCUT2D eigenvalue weighted by Crippen LogP contribution is -2.49. The lowest BCUT2D eigenvalue weighted by atomic mass is 10.1. The Hall–Kier alpha value is -3.26. The standard InChI is InChI=1S/C21H25N7O/c1-2-17-8-6-7-11-19(17)22-20(29)16-26-12-14-27(15-13-26)21-23-24-25-28(21)18-9-4-3-5-10-18/h3-11H,2,12-16H2,1H3,(H,22,29). The number of nitrogens with zero attached hydrogens (tertiary/aromatic N) is 6. The van der Waals surface area contributed by atoms with Gasteiger partial charge in [-0.15, -0.1) is 0 Å². The highest BCUT2D eigenvalue weighted by Crippen LogP contribution is 2.18. The van der Waals surface area contributed by atoms with Gasteiger partial charge in [0.05, 0.1) is 12.2 Å². The lowest BCUT2D eigenvalue weighted by Gasteiger charge is -2.34.